The molecule has 1 aliphatic rings. The second-order valence-corrected chi connectivity index (χ2v) is 6.58. The van der Waals surface area contributed by atoms with Gasteiger partial charge >= 0.3 is 0 Å². The molecular weight excluding hydrogens is 260 g/mol. The summed E-state index contributed by atoms with van der Waals surface area (Å²) in [5.41, 5.74) is 0. The Kier molecular flexibility index (Phi) is 3.42. The van der Waals surface area contributed by atoms with Crippen molar-refractivity contribution in [1.29, 1.82) is 0 Å². The molecule has 0 bridgehead atoms. The van der Waals surface area contributed by atoms with Crippen molar-refractivity contribution in [3.05, 3.63) is 29.8 Å². The van der Waals surface area contributed by atoms with Gasteiger partial charge in [0.15, 0.2) is 4.90 Å². The van der Waals surface area contributed by atoms with Crippen LogP contribution in [0.1, 0.15) is 19.8 Å². The van der Waals surface area contributed by atoms with Crippen LogP contribution >= 0.6 is 0 Å². The molecule has 1 atom stereocenters. The van der Waals surface area contributed by atoms with Gasteiger partial charge in [-0.3, -0.25) is 0 Å². The number of nitrogens with zero attached hydrogens (tertiary/aromatic N) is 1. The molecule has 1 aliphatic carbocycles. The minimum atomic E-state index is -4.12. The molecule has 1 aromatic carbocycles. The highest BCUT2D eigenvalue weighted by atomic mass is 32.2. The van der Waals surface area contributed by atoms with Crippen molar-refractivity contribution >= 4 is 10.0 Å². The lowest BCUT2D eigenvalue weighted by Crippen LogP contribution is -2.37. The minimum Gasteiger partial charge on any atom is -0.207 e. The van der Waals surface area contributed by atoms with Crippen molar-refractivity contribution in [3.63, 3.8) is 0 Å². The molecule has 100 valence electrons. The van der Waals surface area contributed by atoms with Crippen LogP contribution in [0.15, 0.2) is 23.1 Å². The molecule has 0 amide bonds. The number of hydrogen-bond donors (Lipinski definition) is 0. The lowest BCUT2D eigenvalue weighted by atomic mass is 10.2. The van der Waals surface area contributed by atoms with E-state index in [9.17, 15) is 17.2 Å². The van der Waals surface area contributed by atoms with E-state index in [4.69, 9.17) is 0 Å². The van der Waals surface area contributed by atoms with Crippen LogP contribution in [-0.2, 0) is 10.0 Å². The Morgan fingerprint density at radius 3 is 2.22 bits per heavy atom. The maximum Gasteiger partial charge on any atom is 0.248 e. The third kappa shape index (κ3) is 2.27. The number of rotatable bonds is 4. The van der Waals surface area contributed by atoms with E-state index < -0.39 is 26.6 Å². The van der Waals surface area contributed by atoms with Gasteiger partial charge in [0.25, 0.3) is 0 Å². The van der Waals surface area contributed by atoms with Gasteiger partial charge in [0, 0.05) is 13.1 Å². The monoisotopic (exact) mass is 275 g/mol. The zero-order valence-electron chi connectivity index (χ0n) is 10.2. The molecular formula is C12H15F2NO2S. The Morgan fingerprint density at radius 2 is 1.78 bits per heavy atom. The quantitative estimate of drug-likeness (QED) is 0.846. The maximum atomic E-state index is 13.5. The summed E-state index contributed by atoms with van der Waals surface area (Å²) in [6.45, 7) is 1.76. The van der Waals surface area contributed by atoms with Crippen LogP contribution in [0.25, 0.3) is 0 Å². The first-order valence-electron chi connectivity index (χ1n) is 5.77. The average molecular weight is 275 g/mol. The molecule has 1 unspecified atom stereocenters. The van der Waals surface area contributed by atoms with E-state index >= 15 is 0 Å². The van der Waals surface area contributed by atoms with Crippen LogP contribution < -0.4 is 0 Å². The lowest BCUT2D eigenvalue weighted by molar-refractivity contribution is 0.352. The van der Waals surface area contributed by atoms with Gasteiger partial charge in [0.1, 0.15) is 11.6 Å². The van der Waals surface area contributed by atoms with E-state index in [2.05, 4.69) is 0 Å². The molecule has 0 spiro atoms. The Bertz CT molecular complexity index is 535. The zero-order chi connectivity index (χ0) is 13.5. The standard InChI is InChI=1S/C12H15F2NO2S/c1-8(9-6-7-9)15(2)18(16,17)12-10(13)4-3-5-11(12)14/h3-5,8-9H,6-7H2,1-2H3. The van der Waals surface area contributed by atoms with Gasteiger partial charge in [-0.2, -0.15) is 4.31 Å². The first kappa shape index (κ1) is 13.4. The highest BCUT2D eigenvalue weighted by Crippen LogP contribution is 2.36. The summed E-state index contributed by atoms with van der Waals surface area (Å²) < 4.78 is 52.5. The summed E-state index contributed by atoms with van der Waals surface area (Å²) in [6, 6.07) is 2.81. The second kappa shape index (κ2) is 4.59. The summed E-state index contributed by atoms with van der Waals surface area (Å²) in [6.07, 6.45) is 1.92. The van der Waals surface area contributed by atoms with Crippen LogP contribution in [0.5, 0.6) is 0 Å². The molecule has 6 heteroatoms. The maximum absolute atomic E-state index is 13.5. The van der Waals surface area contributed by atoms with Crippen LogP contribution in [-0.4, -0.2) is 25.8 Å². The highest BCUT2D eigenvalue weighted by Gasteiger charge is 2.38. The molecule has 0 N–H and O–H groups in total. The normalized spacial score (nSPS) is 18.1. The number of halogens is 2. The van der Waals surface area contributed by atoms with Gasteiger partial charge in [0.2, 0.25) is 10.0 Å². The number of sulfonamides is 1. The SMILES string of the molecule is CC(C1CC1)N(C)S(=O)(=O)c1c(F)cccc1F. The summed E-state index contributed by atoms with van der Waals surface area (Å²) in [5.74, 6) is -1.81. The van der Waals surface area contributed by atoms with Gasteiger partial charge in [-0.25, -0.2) is 17.2 Å². The van der Waals surface area contributed by atoms with Crippen molar-refractivity contribution in [1.82, 2.24) is 4.31 Å². The van der Waals surface area contributed by atoms with Crippen LogP contribution in [0.2, 0.25) is 0 Å². The fourth-order valence-electron chi connectivity index (χ4n) is 1.97. The summed E-state index contributed by atoms with van der Waals surface area (Å²) >= 11 is 0. The van der Waals surface area contributed by atoms with Crippen molar-refractivity contribution in [3.8, 4) is 0 Å². The Balaban J connectivity index is 2.41. The molecule has 0 saturated heterocycles. The Hall–Kier alpha value is -1.01. The smallest absolute Gasteiger partial charge is 0.207 e. The van der Waals surface area contributed by atoms with Gasteiger partial charge in [0.05, 0.1) is 0 Å². The third-order valence-corrected chi connectivity index (χ3v) is 5.43. The Labute approximate surface area is 105 Å². The predicted octanol–water partition coefficient (Wildman–Crippen LogP) is 2.38. The molecule has 18 heavy (non-hydrogen) atoms. The van der Waals surface area contributed by atoms with E-state index in [0.717, 1.165) is 35.3 Å². The first-order valence-corrected chi connectivity index (χ1v) is 7.21. The van der Waals surface area contributed by atoms with Crippen LogP contribution in [0, 0.1) is 17.6 Å². The topological polar surface area (TPSA) is 37.4 Å². The van der Waals surface area contributed by atoms with Crippen molar-refractivity contribution in [2.75, 3.05) is 7.05 Å². The second-order valence-electron chi connectivity index (χ2n) is 4.65. The predicted molar refractivity (Wildman–Crippen MR) is 63.5 cm³/mol. The largest absolute Gasteiger partial charge is 0.248 e. The fourth-order valence-corrected chi connectivity index (χ4v) is 3.49. The van der Waals surface area contributed by atoms with E-state index in [0.29, 0.717) is 5.92 Å². The summed E-state index contributed by atoms with van der Waals surface area (Å²) in [5, 5.41) is 0. The van der Waals surface area contributed by atoms with Gasteiger partial charge in [-0.05, 0) is 37.8 Å². The van der Waals surface area contributed by atoms with Gasteiger partial charge < -0.3 is 0 Å². The Morgan fingerprint density at radius 1 is 1.28 bits per heavy atom. The van der Waals surface area contributed by atoms with Crippen LogP contribution in [0.3, 0.4) is 0 Å². The highest BCUT2D eigenvalue weighted by molar-refractivity contribution is 7.89. The van der Waals surface area contributed by atoms with Crippen molar-refractivity contribution in [2.45, 2.75) is 30.7 Å². The molecule has 1 fully saturated rings. The molecule has 2 rings (SSSR count). The molecule has 1 saturated carbocycles. The molecule has 0 radical (unpaired) electrons. The van der Waals surface area contributed by atoms with E-state index in [-0.39, 0.29) is 6.04 Å². The van der Waals surface area contributed by atoms with E-state index in [1.807, 2.05) is 0 Å². The minimum absolute atomic E-state index is 0.242. The average Bonchev–Trinajstić information content (AvgIpc) is 3.10. The van der Waals surface area contributed by atoms with Crippen molar-refractivity contribution in [2.24, 2.45) is 5.92 Å². The molecule has 3 nitrogen and oxygen atoms in total. The zero-order valence-corrected chi connectivity index (χ0v) is 11.0. The number of benzene rings is 1. The van der Waals surface area contributed by atoms with Gasteiger partial charge in [-0.15, -0.1) is 0 Å². The molecule has 0 aromatic heterocycles. The van der Waals surface area contributed by atoms with Gasteiger partial charge in [-0.1, -0.05) is 6.07 Å². The fraction of sp³-hybridized carbons (Fsp3) is 0.500. The number of hydrogen-bond acceptors (Lipinski definition) is 2. The molecule has 0 aliphatic heterocycles. The van der Waals surface area contributed by atoms with Crippen LogP contribution in [0.4, 0.5) is 8.78 Å². The molecule has 0 heterocycles. The summed E-state index contributed by atoms with van der Waals surface area (Å²) in [7, 11) is -2.76. The molecule has 1 aromatic rings. The summed E-state index contributed by atoms with van der Waals surface area (Å²) in [4.78, 5) is -0.861. The first-order chi connectivity index (χ1) is 8.35. The third-order valence-electron chi connectivity index (χ3n) is 3.43. The van der Waals surface area contributed by atoms with E-state index in [1.54, 1.807) is 6.92 Å². The van der Waals surface area contributed by atoms with E-state index in [1.165, 1.54) is 7.05 Å². The van der Waals surface area contributed by atoms with Crippen molar-refractivity contribution < 1.29 is 17.2 Å². The lowest BCUT2D eigenvalue weighted by Gasteiger charge is -2.24.